The number of hydrogen-bond acceptors (Lipinski definition) is 4. The Hall–Kier alpha value is -3.16. The lowest BCUT2D eigenvalue weighted by atomic mass is 10.2. The van der Waals surface area contributed by atoms with Gasteiger partial charge in [-0.2, -0.15) is 0 Å². The fourth-order valence-corrected chi connectivity index (χ4v) is 4.70. The molecule has 1 aromatic heterocycles. The molecule has 2 saturated heterocycles. The number of rotatable bonds is 5. The van der Waals surface area contributed by atoms with E-state index in [0.29, 0.717) is 65.6 Å². The van der Waals surface area contributed by atoms with Crippen molar-refractivity contribution in [1.82, 2.24) is 19.3 Å². The van der Waals surface area contributed by atoms with Crippen molar-refractivity contribution in [3.05, 3.63) is 71.9 Å². The highest BCUT2D eigenvalue weighted by atomic mass is 16.5. The van der Waals surface area contributed by atoms with Gasteiger partial charge in [-0.1, -0.05) is 48.5 Å². The van der Waals surface area contributed by atoms with Crippen LogP contribution in [0.2, 0.25) is 0 Å². The lowest BCUT2D eigenvalue weighted by Crippen LogP contribution is -2.52. The van der Waals surface area contributed by atoms with Gasteiger partial charge in [-0.05, 0) is 17.7 Å². The lowest BCUT2D eigenvalue weighted by molar-refractivity contribution is -0.136. The second kappa shape index (κ2) is 9.77. The number of fused-ring (bicyclic) bond motifs is 1. The quantitative estimate of drug-likeness (QED) is 0.604. The molecular formula is C26H30N4O3. The maximum atomic E-state index is 13.6. The number of carbonyl (C=O) groups excluding carboxylic acids is 2. The van der Waals surface area contributed by atoms with Crippen molar-refractivity contribution in [2.75, 3.05) is 59.0 Å². The van der Waals surface area contributed by atoms with E-state index in [-0.39, 0.29) is 11.8 Å². The summed E-state index contributed by atoms with van der Waals surface area (Å²) in [6, 6.07) is 20.4. The van der Waals surface area contributed by atoms with Crippen LogP contribution in [0.1, 0.15) is 16.1 Å². The number of amides is 2. The van der Waals surface area contributed by atoms with Gasteiger partial charge >= 0.3 is 0 Å². The van der Waals surface area contributed by atoms with Crippen molar-refractivity contribution in [2.24, 2.45) is 0 Å². The number of nitrogens with zero attached hydrogens (tertiary/aromatic N) is 4. The summed E-state index contributed by atoms with van der Waals surface area (Å²) in [7, 11) is 0. The molecule has 0 bridgehead atoms. The van der Waals surface area contributed by atoms with E-state index in [1.165, 1.54) is 5.56 Å². The van der Waals surface area contributed by atoms with Crippen molar-refractivity contribution in [3.63, 3.8) is 0 Å². The van der Waals surface area contributed by atoms with Gasteiger partial charge in [0, 0.05) is 56.7 Å². The van der Waals surface area contributed by atoms with Gasteiger partial charge in [0.2, 0.25) is 5.91 Å². The fourth-order valence-electron chi connectivity index (χ4n) is 4.70. The van der Waals surface area contributed by atoms with Crippen LogP contribution in [0.25, 0.3) is 10.9 Å². The van der Waals surface area contributed by atoms with Gasteiger partial charge in [-0.25, -0.2) is 0 Å². The number of carbonyl (C=O) groups is 2. The Morgan fingerprint density at radius 2 is 1.48 bits per heavy atom. The van der Waals surface area contributed by atoms with Crippen LogP contribution in [-0.2, 0) is 16.1 Å². The summed E-state index contributed by atoms with van der Waals surface area (Å²) in [5.74, 6) is 0.211. The predicted molar refractivity (Wildman–Crippen MR) is 127 cm³/mol. The van der Waals surface area contributed by atoms with Gasteiger partial charge in [-0.3, -0.25) is 14.5 Å². The van der Waals surface area contributed by atoms with Crippen LogP contribution in [0.15, 0.2) is 60.7 Å². The SMILES string of the molecule is O=C(CN1CCN(C(=O)c2cc3ccccc3n2Cc2ccccc2)CC1)N1CCOCC1. The second-order valence-electron chi connectivity index (χ2n) is 8.72. The zero-order chi connectivity index (χ0) is 22.6. The predicted octanol–water partition coefficient (Wildman–Crippen LogP) is 2.31. The molecule has 33 heavy (non-hydrogen) atoms. The Balaban J connectivity index is 1.27. The number of hydrogen-bond donors (Lipinski definition) is 0. The third-order valence-corrected chi connectivity index (χ3v) is 6.60. The molecule has 0 atom stereocenters. The Labute approximate surface area is 194 Å². The van der Waals surface area contributed by atoms with Crippen LogP contribution in [0.3, 0.4) is 0 Å². The smallest absolute Gasteiger partial charge is 0.270 e. The number of ether oxygens (including phenoxy) is 1. The molecular weight excluding hydrogens is 416 g/mol. The molecule has 172 valence electrons. The third kappa shape index (κ3) is 4.79. The van der Waals surface area contributed by atoms with E-state index in [2.05, 4.69) is 33.7 Å². The molecule has 2 fully saturated rings. The molecule has 3 aromatic rings. The van der Waals surface area contributed by atoms with Gasteiger partial charge < -0.3 is 19.1 Å². The summed E-state index contributed by atoms with van der Waals surface area (Å²) in [5, 5.41) is 1.08. The molecule has 0 aliphatic carbocycles. The van der Waals surface area contributed by atoms with E-state index in [1.807, 2.05) is 46.2 Å². The molecule has 3 heterocycles. The molecule has 0 radical (unpaired) electrons. The molecule has 7 heteroatoms. The van der Waals surface area contributed by atoms with Crippen LogP contribution in [0.5, 0.6) is 0 Å². The summed E-state index contributed by atoms with van der Waals surface area (Å²) in [6.45, 7) is 6.31. The Morgan fingerprint density at radius 1 is 0.788 bits per heavy atom. The summed E-state index contributed by atoms with van der Waals surface area (Å²) >= 11 is 0. The standard InChI is InChI=1S/C26H30N4O3/c31-25(28-14-16-33-17-15-28)20-27-10-12-29(13-11-27)26(32)24-18-22-8-4-5-9-23(22)30(24)19-21-6-2-1-3-7-21/h1-9,18H,10-17,19-20H2. The van der Waals surface area contributed by atoms with Gasteiger partial charge in [-0.15, -0.1) is 0 Å². The largest absolute Gasteiger partial charge is 0.378 e. The van der Waals surface area contributed by atoms with Crippen LogP contribution in [-0.4, -0.2) is 90.1 Å². The first kappa shape index (κ1) is 21.7. The van der Waals surface area contributed by atoms with Crippen molar-refractivity contribution >= 4 is 22.7 Å². The first-order valence-corrected chi connectivity index (χ1v) is 11.7. The number of benzene rings is 2. The molecule has 2 aliphatic rings. The van der Waals surface area contributed by atoms with E-state index in [9.17, 15) is 9.59 Å². The minimum absolute atomic E-state index is 0.0567. The van der Waals surface area contributed by atoms with E-state index < -0.39 is 0 Å². The Morgan fingerprint density at radius 3 is 2.24 bits per heavy atom. The Kier molecular flexibility index (Phi) is 6.41. The summed E-state index contributed by atoms with van der Waals surface area (Å²) in [5.41, 5.74) is 2.96. The number of piperazine rings is 1. The lowest BCUT2D eigenvalue weighted by Gasteiger charge is -2.36. The van der Waals surface area contributed by atoms with E-state index >= 15 is 0 Å². The van der Waals surface area contributed by atoms with Gasteiger partial charge in [0.1, 0.15) is 5.69 Å². The van der Waals surface area contributed by atoms with Gasteiger partial charge in [0.15, 0.2) is 0 Å². The zero-order valence-corrected chi connectivity index (χ0v) is 18.9. The molecule has 0 saturated carbocycles. The highest BCUT2D eigenvalue weighted by Gasteiger charge is 2.27. The van der Waals surface area contributed by atoms with Crippen molar-refractivity contribution in [3.8, 4) is 0 Å². The highest BCUT2D eigenvalue weighted by Crippen LogP contribution is 2.23. The minimum atomic E-state index is 0.0567. The van der Waals surface area contributed by atoms with Crippen molar-refractivity contribution < 1.29 is 14.3 Å². The average Bonchev–Trinajstić information content (AvgIpc) is 3.23. The first-order valence-electron chi connectivity index (χ1n) is 11.7. The second-order valence-corrected chi connectivity index (χ2v) is 8.72. The monoisotopic (exact) mass is 446 g/mol. The summed E-state index contributed by atoms with van der Waals surface area (Å²) < 4.78 is 7.46. The molecule has 5 rings (SSSR count). The van der Waals surface area contributed by atoms with Gasteiger partial charge in [0.05, 0.1) is 19.8 Å². The molecule has 2 amide bonds. The molecule has 2 aromatic carbocycles. The zero-order valence-electron chi connectivity index (χ0n) is 18.9. The molecule has 0 spiro atoms. The maximum Gasteiger partial charge on any atom is 0.270 e. The van der Waals surface area contributed by atoms with E-state index in [4.69, 9.17) is 4.74 Å². The molecule has 0 unspecified atom stereocenters. The first-order chi connectivity index (χ1) is 16.2. The van der Waals surface area contributed by atoms with Gasteiger partial charge in [0.25, 0.3) is 5.91 Å². The highest BCUT2D eigenvalue weighted by molar-refractivity contribution is 5.99. The van der Waals surface area contributed by atoms with E-state index in [0.717, 1.165) is 16.6 Å². The summed E-state index contributed by atoms with van der Waals surface area (Å²) in [6.07, 6.45) is 0. The fraction of sp³-hybridized carbons (Fsp3) is 0.385. The minimum Gasteiger partial charge on any atom is -0.378 e. The summed E-state index contributed by atoms with van der Waals surface area (Å²) in [4.78, 5) is 32.1. The number of para-hydroxylation sites is 1. The molecule has 7 nitrogen and oxygen atoms in total. The topological polar surface area (TPSA) is 58.0 Å². The number of aromatic nitrogens is 1. The number of morpholine rings is 1. The maximum absolute atomic E-state index is 13.6. The normalized spacial score (nSPS) is 17.5. The Bertz CT molecular complexity index is 1110. The molecule has 2 aliphatic heterocycles. The third-order valence-electron chi connectivity index (χ3n) is 6.60. The van der Waals surface area contributed by atoms with Crippen LogP contribution in [0.4, 0.5) is 0 Å². The molecule has 0 N–H and O–H groups in total. The average molecular weight is 447 g/mol. The van der Waals surface area contributed by atoms with Crippen LogP contribution >= 0.6 is 0 Å². The van der Waals surface area contributed by atoms with Crippen LogP contribution < -0.4 is 0 Å². The van der Waals surface area contributed by atoms with Crippen molar-refractivity contribution in [2.45, 2.75) is 6.54 Å². The van der Waals surface area contributed by atoms with E-state index in [1.54, 1.807) is 0 Å². The van der Waals surface area contributed by atoms with Crippen molar-refractivity contribution in [1.29, 1.82) is 0 Å². The van der Waals surface area contributed by atoms with Crippen LogP contribution in [0, 0.1) is 0 Å².